The first kappa shape index (κ1) is 12.0. The second-order valence-electron chi connectivity index (χ2n) is 4.03. The molecule has 1 heterocycles. The Bertz CT molecular complexity index is 488. The molecule has 88 valence electrons. The lowest BCUT2D eigenvalue weighted by Gasteiger charge is -2.06. The van der Waals surface area contributed by atoms with Gasteiger partial charge in [0.05, 0.1) is 0 Å². The highest BCUT2D eigenvalue weighted by atomic mass is 79.9. The maximum absolute atomic E-state index is 13.0. The van der Waals surface area contributed by atoms with Gasteiger partial charge in [-0.3, -0.25) is 4.79 Å². The molecule has 1 aromatic rings. The first-order valence-corrected chi connectivity index (χ1v) is 5.94. The molecule has 0 N–H and O–H groups in total. The van der Waals surface area contributed by atoms with Crippen molar-refractivity contribution in [2.45, 2.75) is 19.4 Å². The molecule has 2 nitrogen and oxygen atoms in total. The molecule has 0 aromatic carbocycles. The predicted molar refractivity (Wildman–Crippen MR) is 61.0 cm³/mol. The highest BCUT2D eigenvalue weighted by Crippen LogP contribution is 2.55. The van der Waals surface area contributed by atoms with Gasteiger partial charge in [0.2, 0.25) is 0 Å². The van der Waals surface area contributed by atoms with Gasteiger partial charge in [0.1, 0.15) is 5.02 Å². The molecule has 0 aliphatic heterocycles. The van der Waals surface area contributed by atoms with Gasteiger partial charge >= 0.3 is 0 Å². The number of halogens is 4. The number of nitrogens with zero attached hydrogens (tertiary/aromatic N) is 1. The van der Waals surface area contributed by atoms with Crippen LogP contribution in [0.4, 0.5) is 8.78 Å². The Morgan fingerprint density at radius 1 is 1.62 bits per heavy atom. The van der Waals surface area contributed by atoms with Crippen LogP contribution < -0.4 is 5.56 Å². The van der Waals surface area contributed by atoms with E-state index < -0.39 is 23.3 Å². The number of hydrogen-bond donors (Lipinski definition) is 0. The summed E-state index contributed by atoms with van der Waals surface area (Å²) in [7, 11) is 0. The monoisotopic (exact) mass is 311 g/mol. The highest BCUT2D eigenvalue weighted by Gasteiger charge is 2.65. The van der Waals surface area contributed by atoms with Crippen LogP contribution in [0.3, 0.4) is 0 Å². The molecule has 0 unspecified atom stereocenters. The van der Waals surface area contributed by atoms with Gasteiger partial charge in [-0.1, -0.05) is 18.5 Å². The summed E-state index contributed by atoms with van der Waals surface area (Å²) in [5, 5.41) is 0.0333. The normalized spacial score (nSPS) is 26.8. The topological polar surface area (TPSA) is 22.0 Å². The van der Waals surface area contributed by atoms with Crippen molar-refractivity contribution < 1.29 is 8.78 Å². The van der Waals surface area contributed by atoms with Gasteiger partial charge in [-0.2, -0.15) is 0 Å². The molecule has 1 aliphatic carbocycles. The van der Waals surface area contributed by atoms with Crippen LogP contribution in [0.15, 0.2) is 21.5 Å². The van der Waals surface area contributed by atoms with Crippen LogP contribution in [0.5, 0.6) is 0 Å². The SMILES string of the molecule is C[C@@H]1[C@@H](Cn2cc(Br)cc(Cl)c2=O)C1(F)F. The molecule has 0 spiro atoms. The molecule has 16 heavy (non-hydrogen) atoms. The third kappa shape index (κ3) is 1.91. The van der Waals surface area contributed by atoms with Crippen LogP contribution in [0.1, 0.15) is 6.92 Å². The number of rotatable bonds is 2. The van der Waals surface area contributed by atoms with E-state index in [-0.39, 0.29) is 11.6 Å². The van der Waals surface area contributed by atoms with Crippen LogP contribution in [0.2, 0.25) is 5.02 Å². The largest absolute Gasteiger partial charge is 0.313 e. The van der Waals surface area contributed by atoms with E-state index in [0.29, 0.717) is 4.47 Å². The van der Waals surface area contributed by atoms with E-state index in [9.17, 15) is 13.6 Å². The fraction of sp³-hybridized carbons (Fsp3) is 0.500. The van der Waals surface area contributed by atoms with Crippen LogP contribution in [0, 0.1) is 11.8 Å². The number of aromatic nitrogens is 1. The third-order valence-corrected chi connectivity index (χ3v) is 3.70. The Hall–Kier alpha value is -0.420. The van der Waals surface area contributed by atoms with Crippen molar-refractivity contribution in [3.8, 4) is 0 Å². The van der Waals surface area contributed by atoms with Crippen molar-refractivity contribution in [1.82, 2.24) is 4.57 Å². The summed E-state index contributed by atoms with van der Waals surface area (Å²) >= 11 is 8.85. The second kappa shape index (κ2) is 3.81. The summed E-state index contributed by atoms with van der Waals surface area (Å²) in [6, 6.07) is 1.45. The minimum Gasteiger partial charge on any atom is -0.313 e. The number of pyridine rings is 1. The van der Waals surface area contributed by atoms with Gasteiger partial charge in [-0.05, 0) is 22.0 Å². The second-order valence-corrected chi connectivity index (χ2v) is 5.36. The van der Waals surface area contributed by atoms with Crippen molar-refractivity contribution in [3.05, 3.63) is 32.1 Å². The van der Waals surface area contributed by atoms with Gasteiger partial charge in [-0.25, -0.2) is 8.78 Å². The van der Waals surface area contributed by atoms with E-state index in [0.717, 1.165) is 0 Å². The molecule has 1 aromatic heterocycles. The first-order chi connectivity index (χ1) is 7.34. The van der Waals surface area contributed by atoms with Crippen molar-refractivity contribution in [3.63, 3.8) is 0 Å². The summed E-state index contributed by atoms with van der Waals surface area (Å²) < 4.78 is 27.9. The number of alkyl halides is 2. The molecule has 0 bridgehead atoms. The Morgan fingerprint density at radius 2 is 2.19 bits per heavy atom. The smallest absolute Gasteiger partial charge is 0.269 e. The van der Waals surface area contributed by atoms with Crippen molar-refractivity contribution in [2.24, 2.45) is 11.8 Å². The molecule has 1 fully saturated rings. The Morgan fingerprint density at radius 3 is 2.69 bits per heavy atom. The average Bonchev–Trinajstić information content (AvgIpc) is 2.63. The summed E-state index contributed by atoms with van der Waals surface area (Å²) in [6.45, 7) is 1.49. The third-order valence-electron chi connectivity index (χ3n) is 3.00. The quantitative estimate of drug-likeness (QED) is 0.822. The van der Waals surface area contributed by atoms with Gasteiger partial charge in [0.25, 0.3) is 11.5 Å². The summed E-state index contributed by atoms with van der Waals surface area (Å²) in [4.78, 5) is 11.6. The van der Waals surface area contributed by atoms with E-state index in [1.807, 2.05) is 0 Å². The highest BCUT2D eigenvalue weighted by molar-refractivity contribution is 9.10. The zero-order chi connectivity index (χ0) is 12.1. The van der Waals surface area contributed by atoms with E-state index in [1.165, 1.54) is 23.8 Å². The molecule has 0 radical (unpaired) electrons. The first-order valence-electron chi connectivity index (χ1n) is 4.77. The molecule has 2 rings (SSSR count). The molecule has 6 heteroatoms. The standard InChI is InChI=1S/C10H9BrClF2NO/c1-5-7(10(5,13)14)4-15-3-6(11)2-8(12)9(15)16/h2-3,5,7H,4H2,1H3/t5-,7-/m1/s1. The van der Waals surface area contributed by atoms with Crippen LogP contribution >= 0.6 is 27.5 Å². The van der Waals surface area contributed by atoms with Crippen LogP contribution in [-0.4, -0.2) is 10.5 Å². The van der Waals surface area contributed by atoms with Gasteiger partial charge in [-0.15, -0.1) is 0 Å². The summed E-state index contributed by atoms with van der Waals surface area (Å²) in [5.41, 5.74) is -0.431. The lowest BCUT2D eigenvalue weighted by molar-refractivity contribution is 0.0834. The van der Waals surface area contributed by atoms with Gasteiger partial charge < -0.3 is 4.57 Å². The summed E-state index contributed by atoms with van der Waals surface area (Å²) in [5.74, 6) is -4.10. The summed E-state index contributed by atoms with van der Waals surface area (Å²) in [6.07, 6.45) is 1.48. The Kier molecular flexibility index (Phi) is 2.87. The molecular formula is C10H9BrClF2NO. The molecule has 0 amide bonds. The maximum Gasteiger partial charge on any atom is 0.269 e. The maximum atomic E-state index is 13.0. The lowest BCUT2D eigenvalue weighted by Crippen LogP contribution is -2.22. The van der Waals surface area contributed by atoms with Crippen molar-refractivity contribution >= 4 is 27.5 Å². The molecule has 0 saturated heterocycles. The molecule has 2 atom stereocenters. The molecule has 1 aliphatic rings. The van der Waals surface area contributed by atoms with E-state index in [2.05, 4.69) is 15.9 Å². The lowest BCUT2D eigenvalue weighted by atomic mass is 10.3. The Labute approximate surface area is 104 Å². The van der Waals surface area contributed by atoms with Crippen LogP contribution in [-0.2, 0) is 6.54 Å². The van der Waals surface area contributed by atoms with Gasteiger partial charge in [0.15, 0.2) is 0 Å². The van der Waals surface area contributed by atoms with Crippen molar-refractivity contribution in [1.29, 1.82) is 0 Å². The minimum absolute atomic E-state index is 0.00611. The fourth-order valence-electron chi connectivity index (χ4n) is 1.75. The van der Waals surface area contributed by atoms with Gasteiger partial charge in [0, 0.05) is 29.1 Å². The molecule has 1 saturated carbocycles. The zero-order valence-electron chi connectivity index (χ0n) is 8.38. The molecular weight excluding hydrogens is 303 g/mol. The Balaban J connectivity index is 2.27. The van der Waals surface area contributed by atoms with E-state index in [4.69, 9.17) is 11.6 Å². The van der Waals surface area contributed by atoms with Crippen molar-refractivity contribution in [2.75, 3.05) is 0 Å². The predicted octanol–water partition coefficient (Wildman–Crippen LogP) is 3.17. The van der Waals surface area contributed by atoms with Crippen LogP contribution in [0.25, 0.3) is 0 Å². The number of hydrogen-bond acceptors (Lipinski definition) is 1. The zero-order valence-corrected chi connectivity index (χ0v) is 10.7. The van der Waals surface area contributed by atoms with E-state index >= 15 is 0 Å². The average molecular weight is 313 g/mol. The fourth-order valence-corrected chi connectivity index (χ4v) is 2.59. The minimum atomic E-state index is -2.66. The van der Waals surface area contributed by atoms with E-state index in [1.54, 1.807) is 0 Å².